The Morgan fingerprint density at radius 3 is 2.69 bits per heavy atom. The molecule has 0 bridgehead atoms. The van der Waals surface area contributed by atoms with Gasteiger partial charge in [0.25, 0.3) is 0 Å². The van der Waals surface area contributed by atoms with Gasteiger partial charge in [-0.2, -0.15) is 0 Å². The number of ether oxygens (including phenoxy) is 3. The third-order valence-corrected chi connectivity index (χ3v) is 7.05. The zero-order valence-corrected chi connectivity index (χ0v) is 20.0. The number of fused-ring (bicyclic) bond motifs is 2. The molecule has 3 aromatic carbocycles. The second-order valence-corrected chi connectivity index (χ2v) is 9.36. The normalized spacial score (nSPS) is 17.9. The van der Waals surface area contributed by atoms with Gasteiger partial charge in [-0.1, -0.05) is 54.6 Å². The van der Waals surface area contributed by atoms with E-state index < -0.39 is 0 Å². The SMILES string of the molecule is O=C(OCc1ccccc1)N1CCC(C2OCc3cc(-c4cccc5ncccc45)ccc3O2)CC1. The summed E-state index contributed by atoms with van der Waals surface area (Å²) in [6.45, 7) is 2.09. The van der Waals surface area contributed by atoms with Crippen molar-refractivity contribution in [1.29, 1.82) is 0 Å². The van der Waals surface area contributed by atoms with Crippen molar-refractivity contribution in [1.82, 2.24) is 9.88 Å². The number of hydrogen-bond acceptors (Lipinski definition) is 5. The lowest BCUT2D eigenvalue weighted by molar-refractivity contribution is -0.148. The van der Waals surface area contributed by atoms with Crippen LogP contribution in [-0.2, 0) is 22.7 Å². The van der Waals surface area contributed by atoms with Gasteiger partial charge in [-0.05, 0) is 53.8 Å². The van der Waals surface area contributed by atoms with Crippen LogP contribution < -0.4 is 4.74 Å². The summed E-state index contributed by atoms with van der Waals surface area (Å²) >= 11 is 0. The van der Waals surface area contributed by atoms with Crippen LogP contribution in [0.4, 0.5) is 4.79 Å². The van der Waals surface area contributed by atoms with Gasteiger partial charge < -0.3 is 19.1 Å². The zero-order valence-electron chi connectivity index (χ0n) is 20.0. The summed E-state index contributed by atoms with van der Waals surface area (Å²) in [7, 11) is 0. The molecule has 0 N–H and O–H groups in total. The van der Waals surface area contributed by atoms with Crippen LogP contribution in [0.2, 0.25) is 0 Å². The molecule has 0 aliphatic carbocycles. The molecule has 1 aromatic heterocycles. The molecular weight excluding hydrogens is 452 g/mol. The van der Waals surface area contributed by atoms with Crippen LogP contribution in [-0.4, -0.2) is 35.4 Å². The maximum absolute atomic E-state index is 12.5. The van der Waals surface area contributed by atoms with E-state index >= 15 is 0 Å². The number of pyridine rings is 1. The maximum atomic E-state index is 12.5. The number of amides is 1. The third-order valence-electron chi connectivity index (χ3n) is 7.05. The van der Waals surface area contributed by atoms with Crippen LogP contribution in [0, 0.1) is 5.92 Å². The van der Waals surface area contributed by atoms with Crippen LogP contribution in [0.25, 0.3) is 22.0 Å². The van der Waals surface area contributed by atoms with Crippen molar-refractivity contribution in [2.75, 3.05) is 13.1 Å². The van der Waals surface area contributed by atoms with Crippen LogP contribution in [0.1, 0.15) is 24.0 Å². The molecule has 0 radical (unpaired) electrons. The van der Waals surface area contributed by atoms with E-state index in [1.807, 2.05) is 60.8 Å². The highest BCUT2D eigenvalue weighted by atomic mass is 16.7. The Morgan fingerprint density at radius 1 is 0.972 bits per heavy atom. The van der Waals surface area contributed by atoms with Crippen molar-refractivity contribution < 1.29 is 19.0 Å². The second kappa shape index (κ2) is 9.99. The smallest absolute Gasteiger partial charge is 0.410 e. The summed E-state index contributed by atoms with van der Waals surface area (Å²) in [6, 6.07) is 26.3. The molecule has 6 rings (SSSR count). The highest BCUT2D eigenvalue weighted by Gasteiger charge is 2.33. The summed E-state index contributed by atoms with van der Waals surface area (Å²) in [6.07, 6.45) is 2.90. The molecule has 6 nitrogen and oxygen atoms in total. The lowest BCUT2D eigenvalue weighted by Gasteiger charge is -2.37. The minimum Gasteiger partial charge on any atom is -0.464 e. The molecule has 1 atom stereocenters. The highest BCUT2D eigenvalue weighted by molar-refractivity contribution is 5.94. The molecule has 6 heteroatoms. The van der Waals surface area contributed by atoms with Crippen LogP contribution >= 0.6 is 0 Å². The summed E-state index contributed by atoms with van der Waals surface area (Å²) in [5, 5.41) is 1.13. The van der Waals surface area contributed by atoms with Gasteiger partial charge in [-0.25, -0.2) is 4.79 Å². The summed E-state index contributed by atoms with van der Waals surface area (Å²) in [4.78, 5) is 18.7. The Morgan fingerprint density at radius 2 is 1.83 bits per heavy atom. The quantitative estimate of drug-likeness (QED) is 0.349. The zero-order chi connectivity index (χ0) is 24.3. The number of hydrogen-bond donors (Lipinski definition) is 0. The van der Waals surface area contributed by atoms with Crippen molar-refractivity contribution >= 4 is 17.0 Å². The number of carbonyl (C=O) groups is 1. The van der Waals surface area contributed by atoms with Gasteiger partial charge in [-0.3, -0.25) is 4.98 Å². The molecule has 1 unspecified atom stereocenters. The topological polar surface area (TPSA) is 60.9 Å². The molecule has 36 heavy (non-hydrogen) atoms. The number of piperidine rings is 1. The predicted octanol–water partition coefficient (Wildman–Crippen LogP) is 6.19. The number of carbonyl (C=O) groups excluding carboxylic acids is 1. The maximum Gasteiger partial charge on any atom is 0.410 e. The van der Waals surface area contributed by atoms with E-state index in [-0.39, 0.29) is 18.3 Å². The molecule has 1 amide bonds. The van der Waals surface area contributed by atoms with Crippen LogP contribution in [0.15, 0.2) is 85.1 Å². The highest BCUT2D eigenvalue weighted by Crippen LogP contribution is 2.36. The molecule has 0 spiro atoms. The lowest BCUT2D eigenvalue weighted by Crippen LogP contribution is -2.44. The van der Waals surface area contributed by atoms with Crippen LogP contribution in [0.3, 0.4) is 0 Å². The molecule has 1 saturated heterocycles. The Hall–Kier alpha value is -3.90. The van der Waals surface area contributed by atoms with Crippen molar-refractivity contribution in [3.05, 3.63) is 96.2 Å². The minimum absolute atomic E-state index is 0.236. The molecule has 1 fully saturated rings. The molecule has 2 aliphatic heterocycles. The van der Waals surface area contributed by atoms with Gasteiger partial charge in [0.1, 0.15) is 12.4 Å². The van der Waals surface area contributed by atoms with Crippen LogP contribution in [0.5, 0.6) is 5.75 Å². The van der Waals surface area contributed by atoms with Gasteiger partial charge in [-0.15, -0.1) is 0 Å². The first-order chi connectivity index (χ1) is 17.7. The monoisotopic (exact) mass is 480 g/mol. The average molecular weight is 481 g/mol. The number of nitrogens with zero attached hydrogens (tertiary/aromatic N) is 2. The van der Waals surface area contributed by atoms with Gasteiger partial charge in [0.2, 0.25) is 6.29 Å². The van der Waals surface area contributed by atoms with Crippen molar-refractivity contribution in [3.8, 4) is 16.9 Å². The van der Waals surface area contributed by atoms with Gasteiger partial charge >= 0.3 is 6.09 Å². The fourth-order valence-corrected chi connectivity index (χ4v) is 5.06. The van der Waals surface area contributed by atoms with E-state index in [9.17, 15) is 4.79 Å². The first-order valence-electron chi connectivity index (χ1n) is 12.5. The van der Waals surface area contributed by atoms with Crippen molar-refractivity contribution in [3.63, 3.8) is 0 Å². The summed E-state index contributed by atoms with van der Waals surface area (Å²) < 4.78 is 17.9. The number of aromatic nitrogens is 1. The molecule has 3 heterocycles. The number of benzene rings is 3. The third kappa shape index (κ3) is 4.64. The van der Waals surface area contributed by atoms with E-state index in [2.05, 4.69) is 29.2 Å². The summed E-state index contributed by atoms with van der Waals surface area (Å²) in [5.41, 5.74) is 5.29. The Kier molecular flexibility index (Phi) is 6.26. The average Bonchev–Trinajstić information content (AvgIpc) is 2.95. The number of rotatable bonds is 4. The molecule has 0 saturated carbocycles. The Bertz CT molecular complexity index is 1360. The second-order valence-electron chi connectivity index (χ2n) is 9.36. The molecule has 4 aromatic rings. The minimum atomic E-state index is -0.299. The van der Waals surface area contributed by atoms with E-state index in [4.69, 9.17) is 14.2 Å². The van der Waals surface area contributed by atoms with E-state index in [1.54, 1.807) is 4.90 Å². The van der Waals surface area contributed by atoms with E-state index in [1.165, 1.54) is 0 Å². The summed E-state index contributed by atoms with van der Waals surface area (Å²) in [5.74, 6) is 1.11. The standard InChI is InChI=1S/C30H28N2O4/c33-30(35-19-21-6-2-1-3-7-21)32-16-13-22(14-17-32)29-34-20-24-18-23(11-12-28(24)36-29)25-8-4-10-27-26(25)9-5-15-31-27/h1-12,15,18,22,29H,13-14,16-17,19-20H2. The van der Waals surface area contributed by atoms with Crippen molar-refractivity contribution in [2.45, 2.75) is 32.3 Å². The first kappa shape index (κ1) is 22.6. The molecule has 2 aliphatic rings. The molecular formula is C30H28N2O4. The Balaban J connectivity index is 1.07. The first-order valence-corrected chi connectivity index (χ1v) is 12.5. The van der Waals surface area contributed by atoms with Gasteiger partial charge in [0.05, 0.1) is 12.1 Å². The van der Waals surface area contributed by atoms with E-state index in [0.717, 1.165) is 51.7 Å². The predicted molar refractivity (Wildman–Crippen MR) is 137 cm³/mol. The molecule has 182 valence electrons. The van der Waals surface area contributed by atoms with Gasteiger partial charge in [0, 0.05) is 36.2 Å². The Labute approximate surface area is 210 Å². The van der Waals surface area contributed by atoms with E-state index in [0.29, 0.717) is 26.3 Å². The number of likely N-dealkylation sites (tertiary alicyclic amines) is 1. The fraction of sp³-hybridized carbons (Fsp3) is 0.267. The largest absolute Gasteiger partial charge is 0.464 e. The lowest BCUT2D eigenvalue weighted by atomic mass is 9.95. The fourth-order valence-electron chi connectivity index (χ4n) is 5.06. The van der Waals surface area contributed by atoms with Gasteiger partial charge in [0.15, 0.2) is 0 Å². The van der Waals surface area contributed by atoms with Crippen molar-refractivity contribution in [2.24, 2.45) is 5.92 Å².